The Kier molecular flexibility index (Phi) is 6.42. The van der Waals surface area contributed by atoms with Crippen LogP contribution in [0.5, 0.6) is 0 Å². The van der Waals surface area contributed by atoms with E-state index in [0.29, 0.717) is 22.4 Å². The van der Waals surface area contributed by atoms with Crippen molar-refractivity contribution in [3.63, 3.8) is 0 Å². The Labute approximate surface area is 165 Å². The van der Waals surface area contributed by atoms with Gasteiger partial charge in [-0.1, -0.05) is 12.1 Å². The molecule has 1 aromatic rings. The van der Waals surface area contributed by atoms with Gasteiger partial charge in [-0.05, 0) is 50.5 Å². The first-order chi connectivity index (χ1) is 13.0. The molecule has 2 amide bonds. The van der Waals surface area contributed by atoms with E-state index < -0.39 is 0 Å². The molecule has 1 aromatic carbocycles. The fourth-order valence-corrected chi connectivity index (χ4v) is 4.76. The van der Waals surface area contributed by atoms with Gasteiger partial charge < -0.3 is 10.6 Å². The number of imide groups is 1. The van der Waals surface area contributed by atoms with Gasteiger partial charge in [0, 0.05) is 31.4 Å². The van der Waals surface area contributed by atoms with Gasteiger partial charge in [0.1, 0.15) is 0 Å². The van der Waals surface area contributed by atoms with Crippen molar-refractivity contribution in [3.05, 3.63) is 35.4 Å². The highest BCUT2D eigenvalue weighted by molar-refractivity contribution is 8.00. The highest BCUT2D eigenvalue weighted by Gasteiger charge is 2.34. The van der Waals surface area contributed by atoms with Gasteiger partial charge in [-0.15, -0.1) is 0 Å². The molecule has 1 saturated heterocycles. The maximum absolute atomic E-state index is 12.3. The molecule has 3 rings (SSSR count). The summed E-state index contributed by atoms with van der Waals surface area (Å²) >= 11 is 2.02. The van der Waals surface area contributed by atoms with Crippen molar-refractivity contribution in [2.45, 2.75) is 37.4 Å². The SMILES string of the molecule is CN=C(NCCCCN1C(=O)c2ccccc2C1=O)NCC1(C)CCCS1. The topological polar surface area (TPSA) is 73.8 Å². The molecule has 1 unspecified atom stereocenters. The van der Waals surface area contributed by atoms with E-state index in [1.165, 1.54) is 23.5 Å². The molecule has 7 heteroatoms. The van der Waals surface area contributed by atoms with Crippen LogP contribution in [0.3, 0.4) is 0 Å². The number of fused-ring (bicyclic) bond motifs is 1. The number of hydrogen-bond donors (Lipinski definition) is 2. The largest absolute Gasteiger partial charge is 0.356 e. The molecule has 0 saturated carbocycles. The highest BCUT2D eigenvalue weighted by Crippen LogP contribution is 2.36. The first kappa shape index (κ1) is 19.7. The summed E-state index contributed by atoms with van der Waals surface area (Å²) in [6, 6.07) is 7.02. The molecule has 2 aliphatic rings. The van der Waals surface area contributed by atoms with Gasteiger partial charge in [0.05, 0.1) is 11.1 Å². The Morgan fingerprint density at radius 3 is 2.48 bits per heavy atom. The van der Waals surface area contributed by atoms with E-state index in [1.54, 1.807) is 31.3 Å². The number of nitrogens with one attached hydrogen (secondary N) is 2. The Balaban J connectivity index is 1.37. The van der Waals surface area contributed by atoms with Crippen molar-refractivity contribution < 1.29 is 9.59 Å². The second-order valence-electron chi connectivity index (χ2n) is 7.27. The molecule has 146 valence electrons. The minimum absolute atomic E-state index is 0.177. The lowest BCUT2D eigenvalue weighted by Gasteiger charge is -2.24. The summed E-state index contributed by atoms with van der Waals surface area (Å²) in [4.78, 5) is 30.3. The predicted molar refractivity (Wildman–Crippen MR) is 111 cm³/mol. The second kappa shape index (κ2) is 8.78. The Morgan fingerprint density at radius 2 is 1.89 bits per heavy atom. The summed E-state index contributed by atoms with van der Waals surface area (Å²) in [5.41, 5.74) is 1.03. The molecule has 27 heavy (non-hydrogen) atoms. The lowest BCUT2D eigenvalue weighted by atomic mass is 10.1. The van der Waals surface area contributed by atoms with E-state index in [4.69, 9.17) is 0 Å². The Hall–Kier alpha value is -2.02. The fraction of sp³-hybridized carbons (Fsp3) is 0.550. The molecule has 2 aliphatic heterocycles. The van der Waals surface area contributed by atoms with Crippen LogP contribution in [-0.2, 0) is 0 Å². The first-order valence-corrected chi connectivity index (χ1v) is 10.6. The Bertz CT molecular complexity index is 693. The van der Waals surface area contributed by atoms with Gasteiger partial charge in [-0.2, -0.15) is 11.8 Å². The summed E-state index contributed by atoms with van der Waals surface area (Å²) in [5, 5.41) is 6.73. The van der Waals surface area contributed by atoms with Crippen LogP contribution < -0.4 is 10.6 Å². The lowest BCUT2D eigenvalue weighted by Crippen LogP contribution is -2.44. The first-order valence-electron chi connectivity index (χ1n) is 9.58. The van der Waals surface area contributed by atoms with Crippen molar-refractivity contribution in [3.8, 4) is 0 Å². The molecule has 1 atom stereocenters. The number of benzene rings is 1. The number of rotatable bonds is 7. The molecule has 2 heterocycles. The van der Waals surface area contributed by atoms with Crippen LogP contribution in [0.1, 0.15) is 53.3 Å². The van der Waals surface area contributed by atoms with Crippen molar-refractivity contribution >= 4 is 29.5 Å². The maximum Gasteiger partial charge on any atom is 0.261 e. The standard InChI is InChI=1S/C20H28N4O2S/c1-20(10-7-13-27-20)14-23-19(21-2)22-11-5-6-12-24-17(25)15-8-3-4-9-16(15)18(24)26/h3-4,8-9H,5-7,10-14H2,1-2H3,(H2,21,22,23). The number of nitrogens with zero attached hydrogens (tertiary/aromatic N) is 2. The minimum Gasteiger partial charge on any atom is -0.356 e. The zero-order chi connectivity index (χ0) is 19.3. The molecule has 0 radical (unpaired) electrons. The molecule has 0 aliphatic carbocycles. The van der Waals surface area contributed by atoms with Crippen molar-refractivity contribution in [2.75, 3.05) is 32.4 Å². The third-order valence-electron chi connectivity index (χ3n) is 5.13. The van der Waals surface area contributed by atoms with Crippen LogP contribution in [0, 0.1) is 0 Å². The van der Waals surface area contributed by atoms with Crippen LogP contribution in [0.4, 0.5) is 0 Å². The monoisotopic (exact) mass is 388 g/mol. The van der Waals surface area contributed by atoms with E-state index in [0.717, 1.165) is 31.9 Å². The molecule has 0 spiro atoms. The smallest absolute Gasteiger partial charge is 0.261 e. The maximum atomic E-state index is 12.3. The molecule has 2 N–H and O–H groups in total. The predicted octanol–water partition coefficient (Wildman–Crippen LogP) is 2.51. The lowest BCUT2D eigenvalue weighted by molar-refractivity contribution is 0.0652. The molecule has 6 nitrogen and oxygen atoms in total. The average Bonchev–Trinajstić information content (AvgIpc) is 3.21. The van der Waals surface area contributed by atoms with E-state index in [-0.39, 0.29) is 11.8 Å². The molecule has 0 bridgehead atoms. The van der Waals surface area contributed by atoms with Gasteiger partial charge in [-0.3, -0.25) is 19.5 Å². The summed E-state index contributed by atoms with van der Waals surface area (Å²) in [7, 11) is 1.78. The number of amides is 2. The second-order valence-corrected chi connectivity index (χ2v) is 8.95. The van der Waals surface area contributed by atoms with Gasteiger partial charge in [0.15, 0.2) is 5.96 Å². The van der Waals surface area contributed by atoms with E-state index in [9.17, 15) is 9.59 Å². The number of thioether (sulfide) groups is 1. The average molecular weight is 389 g/mol. The van der Waals surface area contributed by atoms with Gasteiger partial charge in [-0.25, -0.2) is 0 Å². The molecule has 1 fully saturated rings. The van der Waals surface area contributed by atoms with Crippen molar-refractivity contribution in [1.29, 1.82) is 0 Å². The molecular formula is C20H28N4O2S. The number of unbranched alkanes of at least 4 members (excludes halogenated alkanes) is 1. The van der Waals surface area contributed by atoms with Crippen LogP contribution in [0.15, 0.2) is 29.3 Å². The highest BCUT2D eigenvalue weighted by atomic mass is 32.2. The Morgan fingerprint density at radius 1 is 1.19 bits per heavy atom. The van der Waals surface area contributed by atoms with Crippen LogP contribution in [0.25, 0.3) is 0 Å². The fourth-order valence-electron chi connectivity index (χ4n) is 3.51. The van der Waals surface area contributed by atoms with Crippen LogP contribution in [0.2, 0.25) is 0 Å². The third-order valence-corrected chi connectivity index (χ3v) is 6.67. The van der Waals surface area contributed by atoms with E-state index in [2.05, 4.69) is 22.5 Å². The number of carbonyl (C=O) groups is 2. The minimum atomic E-state index is -0.177. The summed E-state index contributed by atoms with van der Waals surface area (Å²) in [6.07, 6.45) is 4.15. The summed E-state index contributed by atoms with van der Waals surface area (Å²) in [6.45, 7) is 4.42. The zero-order valence-corrected chi connectivity index (χ0v) is 16.9. The third kappa shape index (κ3) is 4.64. The quantitative estimate of drug-likeness (QED) is 0.325. The summed E-state index contributed by atoms with van der Waals surface area (Å²) in [5.74, 6) is 1.69. The molecular weight excluding hydrogens is 360 g/mol. The zero-order valence-electron chi connectivity index (χ0n) is 16.1. The van der Waals surface area contributed by atoms with Crippen molar-refractivity contribution in [1.82, 2.24) is 15.5 Å². The number of guanidine groups is 1. The van der Waals surface area contributed by atoms with Gasteiger partial charge in [0.25, 0.3) is 11.8 Å². The van der Waals surface area contributed by atoms with Crippen LogP contribution in [-0.4, -0.2) is 59.9 Å². The van der Waals surface area contributed by atoms with Gasteiger partial charge in [0.2, 0.25) is 0 Å². The van der Waals surface area contributed by atoms with Crippen molar-refractivity contribution in [2.24, 2.45) is 4.99 Å². The number of aliphatic imine (C=N–C) groups is 1. The van der Waals surface area contributed by atoms with Gasteiger partial charge >= 0.3 is 0 Å². The van der Waals surface area contributed by atoms with E-state index >= 15 is 0 Å². The summed E-state index contributed by atoms with van der Waals surface area (Å²) < 4.78 is 0.295. The van der Waals surface area contributed by atoms with E-state index in [1.807, 2.05) is 11.8 Å². The number of carbonyl (C=O) groups excluding carboxylic acids is 2. The number of hydrogen-bond acceptors (Lipinski definition) is 4. The molecule has 0 aromatic heterocycles. The van der Waals surface area contributed by atoms with Crippen LogP contribution >= 0.6 is 11.8 Å². The normalized spacial score (nSPS) is 22.3.